The van der Waals surface area contributed by atoms with Crippen LogP contribution in [0.2, 0.25) is 0 Å². The molecule has 0 spiro atoms. The van der Waals surface area contributed by atoms with E-state index in [2.05, 4.69) is 17.1 Å². The van der Waals surface area contributed by atoms with Gasteiger partial charge in [-0.05, 0) is 44.6 Å². The van der Waals surface area contributed by atoms with Crippen molar-refractivity contribution in [3.63, 3.8) is 0 Å². The molecular formula is C20H29N3O4. The Morgan fingerprint density at radius 1 is 1.26 bits per heavy atom. The van der Waals surface area contributed by atoms with Gasteiger partial charge in [-0.1, -0.05) is 19.1 Å². The summed E-state index contributed by atoms with van der Waals surface area (Å²) in [6.45, 7) is 5.48. The Bertz CT molecular complexity index is 700. The van der Waals surface area contributed by atoms with Crippen LogP contribution >= 0.6 is 0 Å². The molecule has 1 unspecified atom stereocenters. The summed E-state index contributed by atoms with van der Waals surface area (Å²) in [5, 5.41) is 2.91. The fourth-order valence-corrected chi connectivity index (χ4v) is 3.16. The minimum Gasteiger partial charge on any atom is -0.497 e. The molecule has 2 amide bonds. The minimum absolute atomic E-state index is 0.247. The lowest BCUT2D eigenvalue weighted by molar-refractivity contribution is -0.139. The summed E-state index contributed by atoms with van der Waals surface area (Å²) in [5.41, 5.74) is 1.93. The van der Waals surface area contributed by atoms with Crippen LogP contribution in [-0.4, -0.2) is 62.7 Å². The van der Waals surface area contributed by atoms with E-state index in [0.717, 1.165) is 18.5 Å². The van der Waals surface area contributed by atoms with Crippen molar-refractivity contribution in [2.24, 2.45) is 0 Å². The van der Waals surface area contributed by atoms with Gasteiger partial charge >= 0.3 is 12.0 Å². The quantitative estimate of drug-likeness (QED) is 0.707. The van der Waals surface area contributed by atoms with Crippen LogP contribution in [0.3, 0.4) is 0 Å². The number of esters is 1. The Morgan fingerprint density at radius 3 is 2.48 bits per heavy atom. The third-order valence-electron chi connectivity index (χ3n) is 4.55. The van der Waals surface area contributed by atoms with Gasteiger partial charge in [-0.2, -0.15) is 0 Å². The molecule has 0 radical (unpaired) electrons. The van der Waals surface area contributed by atoms with Crippen molar-refractivity contribution < 1.29 is 19.1 Å². The summed E-state index contributed by atoms with van der Waals surface area (Å²) < 4.78 is 10.5. The highest BCUT2D eigenvalue weighted by atomic mass is 16.5. The van der Waals surface area contributed by atoms with Gasteiger partial charge in [-0.3, -0.25) is 4.90 Å². The number of methoxy groups -OCH3 is 1. The van der Waals surface area contributed by atoms with Crippen LogP contribution < -0.4 is 10.1 Å². The van der Waals surface area contributed by atoms with Gasteiger partial charge in [0.2, 0.25) is 0 Å². The zero-order valence-corrected chi connectivity index (χ0v) is 16.7. The van der Waals surface area contributed by atoms with Crippen LogP contribution in [0.15, 0.2) is 35.5 Å². The summed E-state index contributed by atoms with van der Waals surface area (Å²) in [4.78, 5) is 29.0. The van der Waals surface area contributed by atoms with Crippen molar-refractivity contribution in [2.45, 2.75) is 26.3 Å². The fraction of sp³-hybridized carbons (Fsp3) is 0.500. The molecular weight excluding hydrogens is 346 g/mol. The second-order valence-corrected chi connectivity index (χ2v) is 6.53. The van der Waals surface area contributed by atoms with E-state index in [-0.39, 0.29) is 12.6 Å². The van der Waals surface area contributed by atoms with Gasteiger partial charge in [0.1, 0.15) is 5.75 Å². The number of nitrogens with zero attached hydrogens (tertiary/aromatic N) is 2. The maximum absolute atomic E-state index is 12.8. The molecule has 1 aliphatic rings. The first-order valence-corrected chi connectivity index (χ1v) is 9.19. The molecule has 2 rings (SSSR count). The van der Waals surface area contributed by atoms with Gasteiger partial charge < -0.3 is 19.7 Å². The third-order valence-corrected chi connectivity index (χ3v) is 4.55. The van der Waals surface area contributed by atoms with Gasteiger partial charge in [0, 0.05) is 19.3 Å². The second kappa shape index (κ2) is 9.41. The van der Waals surface area contributed by atoms with E-state index in [0.29, 0.717) is 23.6 Å². The van der Waals surface area contributed by atoms with Crippen molar-refractivity contribution in [3.8, 4) is 5.75 Å². The predicted molar refractivity (Wildman–Crippen MR) is 103 cm³/mol. The van der Waals surface area contributed by atoms with Gasteiger partial charge in [-0.25, -0.2) is 9.59 Å². The lowest BCUT2D eigenvalue weighted by Crippen LogP contribution is -2.49. The summed E-state index contributed by atoms with van der Waals surface area (Å²) in [6, 6.07) is 6.51. The van der Waals surface area contributed by atoms with Gasteiger partial charge in [0.25, 0.3) is 0 Å². The molecule has 1 aromatic rings. The highest BCUT2D eigenvalue weighted by molar-refractivity contribution is 5.95. The summed E-state index contributed by atoms with van der Waals surface area (Å²) >= 11 is 0. The molecule has 1 heterocycles. The Balaban J connectivity index is 2.52. The molecule has 148 valence electrons. The molecule has 1 N–H and O–H groups in total. The molecule has 0 aliphatic carbocycles. The van der Waals surface area contributed by atoms with Crippen LogP contribution in [0.4, 0.5) is 4.79 Å². The Labute approximate surface area is 160 Å². The van der Waals surface area contributed by atoms with Crippen LogP contribution in [0.5, 0.6) is 5.75 Å². The lowest BCUT2D eigenvalue weighted by atomic mass is 9.94. The van der Waals surface area contributed by atoms with E-state index in [1.807, 2.05) is 31.3 Å². The maximum Gasteiger partial charge on any atom is 0.338 e. The van der Waals surface area contributed by atoms with Gasteiger partial charge in [0.15, 0.2) is 0 Å². The molecule has 0 bridgehead atoms. The van der Waals surface area contributed by atoms with Crippen molar-refractivity contribution in [1.29, 1.82) is 0 Å². The number of amides is 2. The third kappa shape index (κ3) is 4.80. The van der Waals surface area contributed by atoms with E-state index in [1.165, 1.54) is 4.90 Å². The first-order chi connectivity index (χ1) is 12.9. The summed E-state index contributed by atoms with van der Waals surface area (Å²) in [7, 11) is 5.24. The highest BCUT2D eigenvalue weighted by Crippen LogP contribution is 2.32. The van der Waals surface area contributed by atoms with Gasteiger partial charge in [0.05, 0.1) is 25.3 Å². The molecule has 0 saturated carbocycles. The molecule has 7 heteroatoms. The Morgan fingerprint density at radius 2 is 1.93 bits per heavy atom. The van der Waals surface area contributed by atoms with Crippen LogP contribution in [0, 0.1) is 0 Å². The zero-order chi connectivity index (χ0) is 20.0. The van der Waals surface area contributed by atoms with Gasteiger partial charge in [-0.15, -0.1) is 0 Å². The van der Waals surface area contributed by atoms with E-state index >= 15 is 0 Å². The number of hydrogen-bond acceptors (Lipinski definition) is 5. The number of carbonyl (C=O) groups is 2. The average Bonchev–Trinajstić information content (AvgIpc) is 2.65. The topological polar surface area (TPSA) is 71.1 Å². The van der Waals surface area contributed by atoms with Crippen LogP contribution in [0.1, 0.15) is 31.9 Å². The number of carbonyl (C=O) groups excluding carboxylic acids is 2. The number of ether oxygens (including phenoxy) is 2. The van der Waals surface area contributed by atoms with Crippen LogP contribution in [0.25, 0.3) is 0 Å². The van der Waals surface area contributed by atoms with Crippen molar-refractivity contribution >= 4 is 12.0 Å². The summed E-state index contributed by atoms with van der Waals surface area (Å²) in [6.07, 6.45) is 0.982. The number of nitrogens with one attached hydrogen (secondary N) is 1. The number of rotatable bonds is 8. The minimum atomic E-state index is -0.566. The standard InChI is InChI=1S/C20H29N3O4/c1-6-12-22(3)13-16-17(19(24)27-7-2)18(21-20(25)23(16)4)14-8-10-15(26-5)11-9-14/h8-11,18H,6-7,12-13H2,1-5H3,(H,21,25). The SMILES string of the molecule is CCCN(C)CC1=C(C(=O)OCC)C(c2ccc(OC)cc2)NC(=O)N1C. The number of urea groups is 1. The molecule has 27 heavy (non-hydrogen) atoms. The number of likely N-dealkylation sites (N-methyl/N-ethyl adjacent to an activating group) is 2. The van der Waals surface area contributed by atoms with E-state index < -0.39 is 12.0 Å². The molecule has 0 fully saturated rings. The first-order valence-electron chi connectivity index (χ1n) is 9.19. The van der Waals surface area contributed by atoms with Crippen molar-refractivity contribution in [3.05, 3.63) is 41.1 Å². The molecule has 0 saturated heterocycles. The molecule has 7 nitrogen and oxygen atoms in total. The lowest BCUT2D eigenvalue weighted by Gasteiger charge is -2.36. The average molecular weight is 375 g/mol. The largest absolute Gasteiger partial charge is 0.497 e. The molecule has 1 aliphatic heterocycles. The monoisotopic (exact) mass is 375 g/mol. The summed E-state index contributed by atoms with van der Waals surface area (Å²) in [5.74, 6) is 0.299. The Kier molecular flexibility index (Phi) is 7.24. The van der Waals surface area contributed by atoms with Crippen molar-refractivity contribution in [2.75, 3.05) is 40.9 Å². The first kappa shape index (κ1) is 20.8. The van der Waals surface area contributed by atoms with E-state index in [4.69, 9.17) is 9.47 Å². The van der Waals surface area contributed by atoms with Crippen molar-refractivity contribution in [1.82, 2.24) is 15.1 Å². The molecule has 1 atom stereocenters. The predicted octanol–water partition coefficient (Wildman–Crippen LogP) is 2.55. The fourth-order valence-electron chi connectivity index (χ4n) is 3.16. The normalized spacial score (nSPS) is 17.2. The molecule has 1 aromatic carbocycles. The van der Waals surface area contributed by atoms with E-state index in [9.17, 15) is 9.59 Å². The zero-order valence-electron chi connectivity index (χ0n) is 16.7. The Hall–Kier alpha value is -2.54. The smallest absolute Gasteiger partial charge is 0.338 e. The van der Waals surface area contributed by atoms with E-state index in [1.54, 1.807) is 21.1 Å². The maximum atomic E-state index is 12.8. The highest BCUT2D eigenvalue weighted by Gasteiger charge is 2.36. The number of benzene rings is 1. The second-order valence-electron chi connectivity index (χ2n) is 6.53. The van der Waals surface area contributed by atoms with Crippen LogP contribution in [-0.2, 0) is 9.53 Å². The number of hydrogen-bond donors (Lipinski definition) is 1. The molecule has 0 aromatic heterocycles.